The molecule has 112 valence electrons. The lowest BCUT2D eigenvalue weighted by Crippen LogP contribution is -2.21. The van der Waals surface area contributed by atoms with Crippen molar-refractivity contribution >= 4 is 5.97 Å². The number of hydrogen-bond donors (Lipinski definition) is 2. The molecule has 20 heavy (non-hydrogen) atoms. The van der Waals surface area contributed by atoms with Crippen LogP contribution in [0.4, 0.5) is 0 Å². The molecule has 0 amide bonds. The van der Waals surface area contributed by atoms with E-state index in [1.807, 2.05) is 18.2 Å². The van der Waals surface area contributed by atoms with Gasteiger partial charge in [0.1, 0.15) is 5.75 Å². The van der Waals surface area contributed by atoms with Crippen LogP contribution in [0.2, 0.25) is 0 Å². The standard InChI is InChI=1S/C16H25NO3/c1-3-4-7-13(2)10-17-11-14-8-5-6-9-15(14)20-12-16(18)19/h5-6,8-9,13,17H,3-4,7,10-12H2,1-2H3,(H,18,19). The fourth-order valence-electron chi connectivity index (χ4n) is 2.04. The Kier molecular flexibility index (Phi) is 7.73. The van der Waals surface area contributed by atoms with Gasteiger partial charge in [-0.25, -0.2) is 4.79 Å². The first-order valence-electron chi connectivity index (χ1n) is 7.26. The van der Waals surface area contributed by atoms with Crippen LogP contribution in [-0.2, 0) is 11.3 Å². The molecule has 1 rings (SSSR count). The zero-order chi connectivity index (χ0) is 14.8. The van der Waals surface area contributed by atoms with Crippen LogP contribution in [0.1, 0.15) is 38.7 Å². The second-order valence-corrected chi connectivity index (χ2v) is 5.17. The Morgan fingerprint density at radius 2 is 2.15 bits per heavy atom. The van der Waals surface area contributed by atoms with Crippen LogP contribution in [0.5, 0.6) is 5.75 Å². The maximum absolute atomic E-state index is 10.5. The highest BCUT2D eigenvalue weighted by Crippen LogP contribution is 2.17. The number of para-hydroxylation sites is 1. The number of unbranched alkanes of at least 4 members (excludes halogenated alkanes) is 1. The molecule has 1 aromatic rings. The van der Waals surface area contributed by atoms with Crippen molar-refractivity contribution in [1.82, 2.24) is 5.32 Å². The number of hydrogen-bond acceptors (Lipinski definition) is 3. The maximum atomic E-state index is 10.5. The summed E-state index contributed by atoms with van der Waals surface area (Å²) >= 11 is 0. The van der Waals surface area contributed by atoms with Gasteiger partial charge in [-0.05, 0) is 24.9 Å². The molecule has 2 N–H and O–H groups in total. The molecule has 0 aliphatic carbocycles. The summed E-state index contributed by atoms with van der Waals surface area (Å²) in [4.78, 5) is 10.5. The number of benzene rings is 1. The van der Waals surface area contributed by atoms with Gasteiger partial charge in [-0.3, -0.25) is 0 Å². The number of aliphatic carboxylic acids is 1. The molecule has 1 atom stereocenters. The van der Waals surface area contributed by atoms with Gasteiger partial charge in [0, 0.05) is 12.1 Å². The van der Waals surface area contributed by atoms with Crippen LogP contribution in [0, 0.1) is 5.92 Å². The van der Waals surface area contributed by atoms with Gasteiger partial charge in [-0.2, -0.15) is 0 Å². The Balaban J connectivity index is 2.40. The second kappa shape index (κ2) is 9.37. The number of ether oxygens (including phenoxy) is 1. The molecule has 0 heterocycles. The number of nitrogens with one attached hydrogen (secondary N) is 1. The van der Waals surface area contributed by atoms with Crippen LogP contribution >= 0.6 is 0 Å². The summed E-state index contributed by atoms with van der Waals surface area (Å²) < 4.78 is 5.28. The van der Waals surface area contributed by atoms with Crippen LogP contribution in [0.25, 0.3) is 0 Å². The first kappa shape index (κ1) is 16.5. The smallest absolute Gasteiger partial charge is 0.341 e. The quantitative estimate of drug-likeness (QED) is 0.691. The van der Waals surface area contributed by atoms with E-state index in [2.05, 4.69) is 19.2 Å². The molecule has 0 bridgehead atoms. The van der Waals surface area contributed by atoms with Crippen molar-refractivity contribution in [3.8, 4) is 5.75 Å². The van der Waals surface area contributed by atoms with Crippen LogP contribution in [-0.4, -0.2) is 24.2 Å². The summed E-state index contributed by atoms with van der Waals surface area (Å²) in [6, 6.07) is 7.55. The number of carboxylic acid groups (broad SMARTS) is 1. The minimum absolute atomic E-state index is 0.302. The third kappa shape index (κ3) is 6.57. The summed E-state index contributed by atoms with van der Waals surface area (Å²) in [5.41, 5.74) is 0.997. The first-order valence-corrected chi connectivity index (χ1v) is 7.26. The largest absolute Gasteiger partial charge is 0.482 e. The van der Waals surface area contributed by atoms with Gasteiger partial charge in [0.05, 0.1) is 0 Å². The molecule has 0 fully saturated rings. The summed E-state index contributed by atoms with van der Waals surface area (Å²) in [5.74, 6) is 0.339. The summed E-state index contributed by atoms with van der Waals surface area (Å²) in [6.45, 7) is 5.81. The maximum Gasteiger partial charge on any atom is 0.341 e. The third-order valence-corrected chi connectivity index (χ3v) is 3.18. The monoisotopic (exact) mass is 279 g/mol. The van der Waals surface area contributed by atoms with Crippen molar-refractivity contribution in [1.29, 1.82) is 0 Å². The number of carbonyl (C=O) groups is 1. The van der Waals surface area contributed by atoms with Gasteiger partial charge in [0.15, 0.2) is 6.61 Å². The molecule has 0 radical (unpaired) electrons. The van der Waals surface area contributed by atoms with Crippen LogP contribution < -0.4 is 10.1 Å². The SMILES string of the molecule is CCCCC(C)CNCc1ccccc1OCC(=O)O. The van der Waals surface area contributed by atoms with E-state index < -0.39 is 5.97 Å². The first-order chi connectivity index (χ1) is 9.63. The Labute approximate surface area is 121 Å². The molecule has 0 aliphatic heterocycles. The Morgan fingerprint density at radius 3 is 2.85 bits per heavy atom. The summed E-state index contributed by atoms with van der Waals surface area (Å²) in [5, 5.41) is 12.1. The topological polar surface area (TPSA) is 58.6 Å². The van der Waals surface area contributed by atoms with Gasteiger partial charge in [0.2, 0.25) is 0 Å². The van der Waals surface area contributed by atoms with E-state index >= 15 is 0 Å². The van der Waals surface area contributed by atoms with Gasteiger partial charge >= 0.3 is 5.97 Å². The lowest BCUT2D eigenvalue weighted by Gasteiger charge is -2.14. The summed E-state index contributed by atoms with van der Waals surface area (Å²) in [6.07, 6.45) is 3.73. The fraction of sp³-hybridized carbons (Fsp3) is 0.562. The normalized spacial score (nSPS) is 12.1. The highest BCUT2D eigenvalue weighted by Gasteiger charge is 2.06. The fourth-order valence-corrected chi connectivity index (χ4v) is 2.04. The van der Waals surface area contributed by atoms with E-state index in [1.165, 1.54) is 19.3 Å². The van der Waals surface area contributed by atoms with E-state index in [9.17, 15) is 4.79 Å². The predicted molar refractivity (Wildman–Crippen MR) is 80.0 cm³/mol. The number of rotatable bonds is 10. The van der Waals surface area contributed by atoms with E-state index in [4.69, 9.17) is 9.84 Å². The minimum Gasteiger partial charge on any atom is -0.482 e. The van der Waals surface area contributed by atoms with Gasteiger partial charge in [-0.15, -0.1) is 0 Å². The lowest BCUT2D eigenvalue weighted by atomic mass is 10.0. The lowest BCUT2D eigenvalue weighted by molar-refractivity contribution is -0.139. The molecule has 0 aromatic heterocycles. The van der Waals surface area contributed by atoms with Crippen LogP contribution in [0.3, 0.4) is 0 Å². The van der Waals surface area contributed by atoms with E-state index in [1.54, 1.807) is 6.07 Å². The van der Waals surface area contributed by atoms with Crippen molar-refractivity contribution in [2.75, 3.05) is 13.2 Å². The van der Waals surface area contributed by atoms with E-state index in [0.717, 1.165) is 12.1 Å². The predicted octanol–water partition coefficient (Wildman–Crippen LogP) is 3.07. The van der Waals surface area contributed by atoms with Crippen molar-refractivity contribution in [2.45, 2.75) is 39.7 Å². The average molecular weight is 279 g/mol. The molecule has 4 heteroatoms. The molecular formula is C16H25NO3. The Hall–Kier alpha value is -1.55. The van der Waals surface area contributed by atoms with Gasteiger partial charge in [0.25, 0.3) is 0 Å². The number of carboxylic acids is 1. The van der Waals surface area contributed by atoms with Gasteiger partial charge in [-0.1, -0.05) is 44.9 Å². The zero-order valence-electron chi connectivity index (χ0n) is 12.4. The molecule has 1 aromatic carbocycles. The van der Waals surface area contributed by atoms with Crippen molar-refractivity contribution in [3.05, 3.63) is 29.8 Å². The zero-order valence-corrected chi connectivity index (χ0v) is 12.4. The minimum atomic E-state index is -0.957. The molecule has 0 saturated heterocycles. The van der Waals surface area contributed by atoms with Crippen LogP contribution in [0.15, 0.2) is 24.3 Å². The molecule has 1 unspecified atom stereocenters. The second-order valence-electron chi connectivity index (χ2n) is 5.17. The summed E-state index contributed by atoms with van der Waals surface area (Å²) in [7, 11) is 0. The van der Waals surface area contributed by atoms with E-state index in [-0.39, 0.29) is 6.61 Å². The molecule has 0 aliphatic rings. The van der Waals surface area contributed by atoms with Crippen molar-refractivity contribution in [3.63, 3.8) is 0 Å². The molecule has 4 nitrogen and oxygen atoms in total. The van der Waals surface area contributed by atoms with Crippen molar-refractivity contribution in [2.24, 2.45) is 5.92 Å². The van der Waals surface area contributed by atoms with Gasteiger partial charge < -0.3 is 15.2 Å². The highest BCUT2D eigenvalue weighted by molar-refractivity contribution is 5.68. The van der Waals surface area contributed by atoms with E-state index in [0.29, 0.717) is 18.2 Å². The Morgan fingerprint density at radius 1 is 1.40 bits per heavy atom. The molecule has 0 saturated carbocycles. The Bertz CT molecular complexity index is 406. The molecular weight excluding hydrogens is 254 g/mol. The third-order valence-electron chi connectivity index (χ3n) is 3.18. The molecule has 0 spiro atoms. The average Bonchev–Trinajstić information content (AvgIpc) is 2.44. The highest BCUT2D eigenvalue weighted by atomic mass is 16.5. The van der Waals surface area contributed by atoms with Crippen molar-refractivity contribution < 1.29 is 14.6 Å².